The molecule has 13 heavy (non-hydrogen) atoms. The van der Waals surface area contributed by atoms with E-state index in [1.807, 2.05) is 12.1 Å². The Balaban J connectivity index is 0.00000144. The molecule has 2 nitrogen and oxygen atoms in total. The molecule has 0 aromatic heterocycles. The molecule has 0 aliphatic heterocycles. The Morgan fingerprint density at radius 2 is 1.92 bits per heavy atom. The third-order valence-electron chi connectivity index (χ3n) is 1.66. The number of carbonyl (C=O) groups excluding carboxylic acids is 1. The molecule has 1 aromatic rings. The van der Waals surface area contributed by atoms with E-state index in [1.54, 1.807) is 12.1 Å². The van der Waals surface area contributed by atoms with E-state index in [2.05, 4.69) is 4.74 Å². The first kappa shape index (κ1) is 12.8. The number of hydrogen-bond acceptors (Lipinski definition) is 2. The zero-order valence-corrected chi connectivity index (χ0v) is 12.1. The second-order valence-corrected chi connectivity index (χ2v) is 3.49. The van der Waals surface area contributed by atoms with Crippen LogP contribution in [0, 0.1) is 0 Å². The topological polar surface area (TPSA) is 26.3 Å². The summed E-state index contributed by atoms with van der Waals surface area (Å²) >= 11 is 1.25. The van der Waals surface area contributed by atoms with Gasteiger partial charge in [0.1, 0.15) is 0 Å². The van der Waals surface area contributed by atoms with Gasteiger partial charge in [-0.15, -0.1) is 17.0 Å². The molecule has 0 saturated carbocycles. The molecule has 0 amide bonds. The standard InChI is InChI=1S/C9H9O2.BrH.Zn/c1-7-3-5-8(6-4-7)9(10)11-2;;/h3-6H,1H2,2H3;1H;. The van der Waals surface area contributed by atoms with Crippen molar-refractivity contribution in [3.8, 4) is 0 Å². The Hall–Kier alpha value is -0.207. The van der Waals surface area contributed by atoms with E-state index in [1.165, 1.54) is 31.0 Å². The first-order valence-corrected chi connectivity index (χ1v) is 5.84. The van der Waals surface area contributed by atoms with Crippen LogP contribution in [0.25, 0.3) is 0 Å². The van der Waals surface area contributed by atoms with Crippen LogP contribution in [0.5, 0.6) is 0 Å². The fraction of sp³-hybridized carbons (Fsp3) is 0.222. The van der Waals surface area contributed by atoms with Crippen molar-refractivity contribution < 1.29 is 27.8 Å². The van der Waals surface area contributed by atoms with Gasteiger partial charge in [-0.2, -0.15) is 0 Å². The number of ether oxygens (including phenoxy) is 1. The molecule has 0 aliphatic rings. The Kier molecular flexibility index (Phi) is 6.18. The fourth-order valence-corrected chi connectivity index (χ4v) is 1.62. The second-order valence-electron chi connectivity index (χ2n) is 2.44. The van der Waals surface area contributed by atoms with Crippen molar-refractivity contribution in [2.45, 2.75) is 5.02 Å². The number of halogens is 1. The molecule has 0 spiro atoms. The van der Waals surface area contributed by atoms with Crippen LogP contribution in [0.4, 0.5) is 0 Å². The Bertz CT molecular complexity index is 271. The molecule has 4 heteroatoms. The van der Waals surface area contributed by atoms with E-state index in [-0.39, 0.29) is 23.0 Å². The first-order valence-electron chi connectivity index (χ1n) is 3.74. The molecular weight excluding hydrogens is 285 g/mol. The number of hydrogen-bond donors (Lipinski definition) is 0. The molecular formula is C9H10BrO2Zn. The summed E-state index contributed by atoms with van der Waals surface area (Å²) in [7, 11) is 1.39. The minimum atomic E-state index is -0.270. The average Bonchev–Trinajstić information content (AvgIpc) is 2.17. The van der Waals surface area contributed by atoms with E-state index in [0.717, 1.165) is 5.02 Å². The van der Waals surface area contributed by atoms with Crippen LogP contribution in [-0.2, 0) is 28.1 Å². The normalized spacial score (nSPS) is 8.85. The summed E-state index contributed by atoms with van der Waals surface area (Å²) in [5, 5.41) is 1.11. The molecule has 0 unspecified atom stereocenters. The van der Waals surface area contributed by atoms with Crippen molar-refractivity contribution >= 4 is 23.0 Å². The van der Waals surface area contributed by atoms with Crippen LogP contribution in [0.15, 0.2) is 24.3 Å². The molecule has 1 aromatic carbocycles. The zero-order valence-electron chi connectivity index (χ0n) is 7.45. The van der Waals surface area contributed by atoms with Gasteiger partial charge in [0.2, 0.25) is 0 Å². The van der Waals surface area contributed by atoms with Gasteiger partial charge < -0.3 is 0 Å². The molecule has 0 saturated heterocycles. The molecule has 67 valence electrons. The average molecular weight is 295 g/mol. The molecule has 0 heterocycles. The van der Waals surface area contributed by atoms with Crippen LogP contribution in [0.1, 0.15) is 15.9 Å². The van der Waals surface area contributed by atoms with Crippen molar-refractivity contribution in [2.75, 3.05) is 7.11 Å². The molecule has 0 radical (unpaired) electrons. The summed E-state index contributed by atoms with van der Waals surface area (Å²) in [6.45, 7) is 0. The van der Waals surface area contributed by atoms with Gasteiger partial charge in [-0.3, -0.25) is 0 Å². The monoisotopic (exact) mass is 293 g/mol. The fourth-order valence-electron chi connectivity index (χ4n) is 0.925. The number of carbonyl (C=O) groups is 1. The van der Waals surface area contributed by atoms with E-state index in [9.17, 15) is 4.79 Å². The van der Waals surface area contributed by atoms with Gasteiger partial charge in [0, 0.05) is 0 Å². The Morgan fingerprint density at radius 1 is 1.38 bits per heavy atom. The van der Waals surface area contributed by atoms with E-state index in [0.29, 0.717) is 5.56 Å². The Morgan fingerprint density at radius 3 is 2.31 bits per heavy atom. The van der Waals surface area contributed by atoms with Crippen LogP contribution < -0.4 is 0 Å². The predicted molar refractivity (Wildman–Crippen MR) is 51.8 cm³/mol. The van der Waals surface area contributed by atoms with Gasteiger partial charge in [0.15, 0.2) is 0 Å². The predicted octanol–water partition coefficient (Wildman–Crippen LogP) is 2.10. The maximum absolute atomic E-state index is 11.0. The zero-order chi connectivity index (χ0) is 8.97. The molecule has 1 rings (SSSR count). The van der Waals surface area contributed by atoms with E-state index < -0.39 is 0 Å². The summed E-state index contributed by atoms with van der Waals surface area (Å²) in [5.74, 6) is -0.270. The maximum atomic E-state index is 11.0. The third-order valence-corrected chi connectivity index (χ3v) is 2.88. The summed E-state index contributed by atoms with van der Waals surface area (Å²) in [4.78, 5) is 11.0. The summed E-state index contributed by atoms with van der Waals surface area (Å²) in [5.41, 5.74) is 1.90. The van der Waals surface area contributed by atoms with Crippen molar-refractivity contribution in [1.82, 2.24) is 0 Å². The van der Waals surface area contributed by atoms with E-state index in [4.69, 9.17) is 0 Å². The van der Waals surface area contributed by atoms with Crippen LogP contribution in [0.2, 0.25) is 0 Å². The first-order chi connectivity index (χ1) is 5.77. The van der Waals surface area contributed by atoms with Crippen molar-refractivity contribution in [3.05, 3.63) is 35.4 Å². The molecule has 0 fully saturated rings. The van der Waals surface area contributed by atoms with Gasteiger partial charge >= 0.3 is 81.3 Å². The summed E-state index contributed by atoms with van der Waals surface area (Å²) in [6, 6.07) is 7.54. The van der Waals surface area contributed by atoms with Gasteiger partial charge in [-0.25, -0.2) is 0 Å². The molecule has 0 aliphatic carbocycles. The van der Waals surface area contributed by atoms with Crippen LogP contribution in [-0.4, -0.2) is 13.1 Å². The van der Waals surface area contributed by atoms with Gasteiger partial charge in [-0.05, 0) is 0 Å². The Labute approximate surface area is 98.1 Å². The number of esters is 1. The summed E-state index contributed by atoms with van der Waals surface area (Å²) < 4.78 is 4.58. The van der Waals surface area contributed by atoms with Gasteiger partial charge in [-0.1, -0.05) is 0 Å². The van der Waals surface area contributed by atoms with Crippen LogP contribution in [0.3, 0.4) is 0 Å². The molecule has 0 bridgehead atoms. The van der Waals surface area contributed by atoms with Gasteiger partial charge in [0.25, 0.3) is 0 Å². The van der Waals surface area contributed by atoms with Crippen LogP contribution >= 0.6 is 17.0 Å². The number of benzene rings is 1. The third kappa shape index (κ3) is 3.57. The number of rotatable bonds is 2. The van der Waals surface area contributed by atoms with E-state index >= 15 is 0 Å². The van der Waals surface area contributed by atoms with Crippen molar-refractivity contribution in [1.29, 1.82) is 0 Å². The SMILES string of the molecule is Br.COC(=O)c1ccc([CH2][Zn])cc1. The molecule has 0 atom stereocenters. The molecule has 0 N–H and O–H groups in total. The number of methoxy groups -OCH3 is 1. The van der Waals surface area contributed by atoms with Crippen molar-refractivity contribution in [2.24, 2.45) is 0 Å². The quantitative estimate of drug-likeness (QED) is 0.617. The second kappa shape index (κ2) is 6.28. The van der Waals surface area contributed by atoms with Crippen molar-refractivity contribution in [3.63, 3.8) is 0 Å². The summed E-state index contributed by atoms with van der Waals surface area (Å²) in [6.07, 6.45) is 0. The minimum absolute atomic E-state index is 0. The van der Waals surface area contributed by atoms with Gasteiger partial charge in [0.05, 0.1) is 0 Å².